The molecule has 0 fully saturated rings. The molecule has 0 aromatic heterocycles. The van der Waals surface area contributed by atoms with Crippen LogP contribution in [0.25, 0.3) is 0 Å². The summed E-state index contributed by atoms with van der Waals surface area (Å²) in [6, 6.07) is 5.92. The Kier molecular flexibility index (Phi) is 6.40. The number of ether oxygens (including phenoxy) is 2. The van der Waals surface area contributed by atoms with Crippen molar-refractivity contribution in [3.8, 4) is 5.75 Å². The fourth-order valence-electron chi connectivity index (χ4n) is 1.90. The highest BCUT2D eigenvalue weighted by Crippen LogP contribution is 2.23. The van der Waals surface area contributed by atoms with E-state index in [9.17, 15) is 4.79 Å². The summed E-state index contributed by atoms with van der Waals surface area (Å²) in [5.74, 6) is 0.904. The van der Waals surface area contributed by atoms with E-state index >= 15 is 0 Å². The summed E-state index contributed by atoms with van der Waals surface area (Å²) in [5, 5.41) is 0. The molecule has 0 aliphatic carbocycles. The van der Waals surface area contributed by atoms with Gasteiger partial charge in [0, 0.05) is 0 Å². The Bertz CT molecular complexity index is 410. The Morgan fingerprint density at radius 3 is 2.63 bits per heavy atom. The predicted octanol–water partition coefficient (Wildman–Crippen LogP) is 3.84. The zero-order valence-corrected chi connectivity index (χ0v) is 12.4. The van der Waals surface area contributed by atoms with E-state index in [4.69, 9.17) is 9.47 Å². The second kappa shape index (κ2) is 7.82. The van der Waals surface area contributed by atoms with Crippen LogP contribution in [-0.4, -0.2) is 19.2 Å². The summed E-state index contributed by atoms with van der Waals surface area (Å²) in [5.41, 5.74) is 2.49. The Labute approximate surface area is 115 Å². The molecule has 3 heteroatoms. The summed E-state index contributed by atoms with van der Waals surface area (Å²) in [4.78, 5) is 11.4. The Balaban J connectivity index is 2.45. The molecule has 0 unspecified atom stereocenters. The van der Waals surface area contributed by atoms with Gasteiger partial charge >= 0.3 is 5.97 Å². The number of rotatable bonds is 7. The van der Waals surface area contributed by atoms with Crippen LogP contribution in [0.15, 0.2) is 18.2 Å². The average molecular weight is 264 g/mol. The lowest BCUT2D eigenvalue weighted by atomic mass is 9.98. The summed E-state index contributed by atoms with van der Waals surface area (Å²) in [6.45, 7) is 8.89. The molecular formula is C16H24O3. The number of hydrogen-bond donors (Lipinski definition) is 0. The van der Waals surface area contributed by atoms with Gasteiger partial charge in [-0.2, -0.15) is 0 Å². The van der Waals surface area contributed by atoms with Gasteiger partial charge in [-0.3, -0.25) is 0 Å². The molecule has 0 heterocycles. The molecule has 1 aromatic carbocycles. The van der Waals surface area contributed by atoms with Gasteiger partial charge in [-0.25, -0.2) is 4.79 Å². The van der Waals surface area contributed by atoms with E-state index in [2.05, 4.69) is 33.8 Å². The molecule has 0 saturated heterocycles. The van der Waals surface area contributed by atoms with Crippen LogP contribution in [0.1, 0.15) is 50.7 Å². The van der Waals surface area contributed by atoms with E-state index in [-0.39, 0.29) is 12.6 Å². The van der Waals surface area contributed by atoms with E-state index in [1.165, 1.54) is 11.1 Å². The van der Waals surface area contributed by atoms with Crippen molar-refractivity contribution in [2.45, 2.75) is 46.5 Å². The number of carbonyl (C=O) groups excluding carboxylic acids is 1. The molecule has 0 aliphatic heterocycles. The minimum atomic E-state index is -0.306. The van der Waals surface area contributed by atoms with Crippen molar-refractivity contribution in [1.82, 2.24) is 0 Å². The highest BCUT2D eigenvalue weighted by atomic mass is 16.6. The lowest BCUT2D eigenvalue weighted by molar-refractivity contribution is -0.146. The first-order valence-electron chi connectivity index (χ1n) is 6.93. The third kappa shape index (κ3) is 5.33. The van der Waals surface area contributed by atoms with Crippen LogP contribution in [0.4, 0.5) is 0 Å². The molecule has 0 atom stereocenters. The van der Waals surface area contributed by atoms with Crippen LogP contribution < -0.4 is 4.74 Å². The maximum absolute atomic E-state index is 11.4. The molecule has 0 N–H and O–H groups in total. The monoisotopic (exact) mass is 264 g/mol. The number of aryl methyl sites for hydroxylation is 1. The van der Waals surface area contributed by atoms with Crippen molar-refractivity contribution >= 4 is 5.97 Å². The fraction of sp³-hybridized carbons (Fsp3) is 0.562. The molecule has 3 nitrogen and oxygen atoms in total. The molecule has 0 spiro atoms. The topological polar surface area (TPSA) is 35.5 Å². The molecule has 19 heavy (non-hydrogen) atoms. The fourth-order valence-corrected chi connectivity index (χ4v) is 1.90. The summed E-state index contributed by atoms with van der Waals surface area (Å²) in [7, 11) is 0. The molecule has 0 radical (unpaired) electrons. The highest BCUT2D eigenvalue weighted by Gasteiger charge is 2.07. The number of esters is 1. The van der Waals surface area contributed by atoms with Crippen LogP contribution in [0.3, 0.4) is 0 Å². The first-order chi connectivity index (χ1) is 9.04. The van der Waals surface area contributed by atoms with Crippen molar-refractivity contribution in [2.75, 3.05) is 13.2 Å². The third-order valence-corrected chi connectivity index (χ3v) is 2.98. The van der Waals surface area contributed by atoms with Crippen LogP contribution in [0.2, 0.25) is 0 Å². The summed E-state index contributed by atoms with van der Waals surface area (Å²) < 4.78 is 10.5. The molecular weight excluding hydrogens is 240 g/mol. The van der Waals surface area contributed by atoms with E-state index in [0.717, 1.165) is 12.8 Å². The van der Waals surface area contributed by atoms with Gasteiger partial charge in [0.25, 0.3) is 0 Å². The zero-order valence-electron chi connectivity index (χ0n) is 12.4. The zero-order chi connectivity index (χ0) is 14.3. The van der Waals surface area contributed by atoms with Crippen molar-refractivity contribution in [2.24, 2.45) is 0 Å². The minimum absolute atomic E-state index is 0.0236. The average Bonchev–Trinajstić information content (AvgIpc) is 2.36. The van der Waals surface area contributed by atoms with Crippen LogP contribution >= 0.6 is 0 Å². The van der Waals surface area contributed by atoms with E-state index in [1.807, 2.05) is 12.1 Å². The normalized spacial score (nSPS) is 10.6. The lowest BCUT2D eigenvalue weighted by Crippen LogP contribution is -2.15. The van der Waals surface area contributed by atoms with Crippen molar-refractivity contribution < 1.29 is 14.3 Å². The molecule has 106 valence electrons. The van der Waals surface area contributed by atoms with Crippen LogP contribution in [-0.2, 0) is 9.53 Å². The number of benzene rings is 1. The van der Waals surface area contributed by atoms with Crippen LogP contribution in [0, 0.1) is 6.92 Å². The number of hydrogen-bond acceptors (Lipinski definition) is 3. The Hall–Kier alpha value is -1.51. The van der Waals surface area contributed by atoms with Gasteiger partial charge < -0.3 is 9.47 Å². The second-order valence-electron chi connectivity index (χ2n) is 5.04. The molecule has 0 amide bonds. The van der Waals surface area contributed by atoms with Gasteiger partial charge in [-0.1, -0.05) is 33.3 Å². The maximum Gasteiger partial charge on any atom is 0.344 e. The van der Waals surface area contributed by atoms with Crippen LogP contribution in [0.5, 0.6) is 5.75 Å². The van der Waals surface area contributed by atoms with E-state index in [1.54, 1.807) is 0 Å². The number of unbranched alkanes of at least 4 members (excludes halogenated alkanes) is 1. The third-order valence-electron chi connectivity index (χ3n) is 2.98. The first kappa shape index (κ1) is 15.5. The molecule has 1 rings (SSSR count). The van der Waals surface area contributed by atoms with Crippen molar-refractivity contribution in [3.05, 3.63) is 29.3 Å². The Morgan fingerprint density at radius 2 is 2.05 bits per heavy atom. The lowest BCUT2D eigenvalue weighted by Gasteiger charge is -2.12. The molecule has 0 aliphatic rings. The van der Waals surface area contributed by atoms with E-state index < -0.39 is 0 Å². The highest BCUT2D eigenvalue weighted by molar-refractivity contribution is 5.71. The molecule has 0 saturated carbocycles. The van der Waals surface area contributed by atoms with Gasteiger partial charge in [0.15, 0.2) is 6.61 Å². The molecule has 0 bridgehead atoms. The SMILES string of the molecule is CCCCOC(=O)COc1ccc(C(C)C)c(C)c1. The Morgan fingerprint density at radius 1 is 1.32 bits per heavy atom. The smallest absolute Gasteiger partial charge is 0.344 e. The van der Waals surface area contributed by atoms with E-state index in [0.29, 0.717) is 18.3 Å². The van der Waals surface area contributed by atoms with Crippen molar-refractivity contribution in [1.29, 1.82) is 0 Å². The predicted molar refractivity (Wildman–Crippen MR) is 76.6 cm³/mol. The largest absolute Gasteiger partial charge is 0.482 e. The first-order valence-corrected chi connectivity index (χ1v) is 6.93. The molecule has 1 aromatic rings. The van der Waals surface area contributed by atoms with Gasteiger partial charge in [0.1, 0.15) is 5.75 Å². The van der Waals surface area contributed by atoms with Crippen molar-refractivity contribution in [3.63, 3.8) is 0 Å². The summed E-state index contributed by atoms with van der Waals surface area (Å²) >= 11 is 0. The van der Waals surface area contributed by atoms with Gasteiger partial charge in [0.05, 0.1) is 6.61 Å². The van der Waals surface area contributed by atoms with Gasteiger partial charge in [-0.15, -0.1) is 0 Å². The quantitative estimate of drug-likeness (QED) is 0.554. The van der Waals surface area contributed by atoms with Gasteiger partial charge in [-0.05, 0) is 42.5 Å². The van der Waals surface area contributed by atoms with Gasteiger partial charge in [0.2, 0.25) is 0 Å². The minimum Gasteiger partial charge on any atom is -0.482 e. The standard InChI is InChI=1S/C16H24O3/c1-5-6-9-18-16(17)11-19-14-7-8-15(12(2)3)13(4)10-14/h7-8,10,12H,5-6,9,11H2,1-4H3. The summed E-state index contributed by atoms with van der Waals surface area (Å²) in [6.07, 6.45) is 1.91. The second-order valence-corrected chi connectivity index (χ2v) is 5.04. The number of carbonyl (C=O) groups is 1. The maximum atomic E-state index is 11.4.